The second-order valence-electron chi connectivity index (χ2n) is 7.91. The van der Waals surface area contributed by atoms with Crippen LogP contribution in [0.2, 0.25) is 18.1 Å². The van der Waals surface area contributed by atoms with E-state index >= 15 is 0 Å². The van der Waals surface area contributed by atoms with Crippen LogP contribution in [-0.2, 0) is 11.0 Å². The van der Waals surface area contributed by atoms with Crippen LogP contribution in [0.1, 0.15) is 26.3 Å². The van der Waals surface area contributed by atoms with Gasteiger partial charge in [0.15, 0.2) is 8.32 Å². The molecule has 0 aliphatic rings. The summed E-state index contributed by atoms with van der Waals surface area (Å²) in [6.45, 7) is 10.4. The molecule has 0 heterocycles. The monoisotopic (exact) mass is 397 g/mol. The lowest BCUT2D eigenvalue weighted by atomic mass is 10.2. The molecular formula is C20H26F3NO2Si. The number of alkyl halides is 3. The highest BCUT2D eigenvalue weighted by molar-refractivity contribution is 6.74. The molecule has 0 aliphatic carbocycles. The summed E-state index contributed by atoms with van der Waals surface area (Å²) >= 11 is 0. The van der Waals surface area contributed by atoms with E-state index in [2.05, 4.69) is 43.9 Å². The number of benzene rings is 2. The first kappa shape index (κ1) is 21.3. The van der Waals surface area contributed by atoms with Crippen molar-refractivity contribution >= 4 is 19.7 Å². The summed E-state index contributed by atoms with van der Waals surface area (Å²) in [4.78, 5) is 0. The van der Waals surface area contributed by atoms with Crippen molar-refractivity contribution in [3.8, 4) is 5.75 Å². The number of rotatable bonds is 6. The Bertz CT molecular complexity index is 756. The van der Waals surface area contributed by atoms with Gasteiger partial charge in [0.2, 0.25) is 0 Å². The molecule has 0 amide bonds. The lowest BCUT2D eigenvalue weighted by Crippen LogP contribution is -2.40. The minimum Gasteiger partial charge on any atom is -0.412 e. The number of para-hydroxylation sites is 1. The maximum absolute atomic E-state index is 12.8. The number of hydrogen-bond donors (Lipinski definition) is 1. The molecule has 27 heavy (non-hydrogen) atoms. The zero-order valence-electron chi connectivity index (χ0n) is 16.3. The summed E-state index contributed by atoms with van der Waals surface area (Å²) in [5.41, 5.74) is 1.88. The molecule has 0 fully saturated rings. The minimum absolute atomic E-state index is 0.0437. The second-order valence-corrected chi connectivity index (χ2v) is 12.7. The molecule has 7 heteroatoms. The van der Waals surface area contributed by atoms with E-state index in [0.717, 1.165) is 5.69 Å². The van der Waals surface area contributed by atoms with E-state index in [9.17, 15) is 13.2 Å². The average molecular weight is 398 g/mol. The third-order valence-corrected chi connectivity index (χ3v) is 9.22. The van der Waals surface area contributed by atoms with Gasteiger partial charge >= 0.3 is 6.36 Å². The Morgan fingerprint density at radius 1 is 0.926 bits per heavy atom. The van der Waals surface area contributed by atoms with E-state index in [-0.39, 0.29) is 17.4 Å². The summed E-state index contributed by atoms with van der Waals surface area (Å²) in [5.74, 6) is -0.236. The summed E-state index contributed by atoms with van der Waals surface area (Å²) in [7, 11) is -2.12. The van der Waals surface area contributed by atoms with Gasteiger partial charge in [0, 0.05) is 16.9 Å². The molecule has 3 nitrogen and oxygen atoms in total. The Morgan fingerprint density at radius 3 is 2.11 bits per heavy atom. The van der Waals surface area contributed by atoms with Gasteiger partial charge in [-0.05, 0) is 48.5 Å². The van der Waals surface area contributed by atoms with Gasteiger partial charge in [0.05, 0.1) is 6.61 Å². The van der Waals surface area contributed by atoms with E-state index in [4.69, 9.17) is 4.43 Å². The number of hydrogen-bond acceptors (Lipinski definition) is 3. The highest BCUT2D eigenvalue weighted by Gasteiger charge is 2.38. The average Bonchev–Trinajstić information content (AvgIpc) is 2.53. The molecule has 2 aromatic carbocycles. The smallest absolute Gasteiger partial charge is 0.412 e. The Labute approximate surface area is 159 Å². The van der Waals surface area contributed by atoms with Gasteiger partial charge in [0.25, 0.3) is 0 Å². The fourth-order valence-corrected chi connectivity index (χ4v) is 3.11. The quantitative estimate of drug-likeness (QED) is 0.541. The molecular weight excluding hydrogens is 371 g/mol. The number of halogens is 3. The molecule has 2 aromatic rings. The number of anilines is 2. The van der Waals surface area contributed by atoms with Crippen LogP contribution in [0.25, 0.3) is 0 Å². The first-order valence-electron chi connectivity index (χ1n) is 8.72. The molecule has 0 saturated carbocycles. The van der Waals surface area contributed by atoms with Crippen LogP contribution in [0.15, 0.2) is 48.5 Å². The fraction of sp³-hybridized carbons (Fsp3) is 0.400. The topological polar surface area (TPSA) is 30.5 Å². The van der Waals surface area contributed by atoms with Crippen LogP contribution in [0.3, 0.4) is 0 Å². The largest absolute Gasteiger partial charge is 0.573 e. The maximum Gasteiger partial charge on any atom is 0.573 e. The van der Waals surface area contributed by atoms with Crippen molar-refractivity contribution in [2.45, 2.75) is 51.9 Å². The van der Waals surface area contributed by atoms with Crippen LogP contribution in [0, 0.1) is 0 Å². The van der Waals surface area contributed by atoms with E-state index in [1.807, 2.05) is 30.3 Å². The van der Waals surface area contributed by atoms with E-state index in [0.29, 0.717) is 11.3 Å². The Kier molecular flexibility index (Phi) is 6.27. The Morgan fingerprint density at radius 2 is 1.56 bits per heavy atom. The molecule has 0 bridgehead atoms. The van der Waals surface area contributed by atoms with Crippen LogP contribution < -0.4 is 10.1 Å². The third kappa shape index (κ3) is 6.29. The van der Waals surface area contributed by atoms with Gasteiger partial charge in [-0.25, -0.2) is 0 Å². The molecule has 0 aromatic heterocycles. The van der Waals surface area contributed by atoms with Gasteiger partial charge in [-0.3, -0.25) is 0 Å². The predicted molar refractivity (Wildman–Crippen MR) is 105 cm³/mol. The number of ether oxygens (including phenoxy) is 1. The first-order valence-corrected chi connectivity index (χ1v) is 11.6. The summed E-state index contributed by atoms with van der Waals surface area (Å²) in [6, 6.07) is 13.9. The van der Waals surface area contributed by atoms with Crippen molar-refractivity contribution in [3.05, 3.63) is 54.1 Å². The van der Waals surface area contributed by atoms with Crippen molar-refractivity contribution in [1.29, 1.82) is 0 Å². The summed E-state index contributed by atoms with van der Waals surface area (Å²) < 4.78 is 48.6. The molecule has 0 atom stereocenters. The fourth-order valence-electron chi connectivity index (χ4n) is 2.16. The van der Waals surface area contributed by atoms with Gasteiger partial charge in [-0.2, -0.15) is 0 Å². The van der Waals surface area contributed by atoms with Crippen LogP contribution >= 0.6 is 0 Å². The molecule has 1 N–H and O–H groups in total. The van der Waals surface area contributed by atoms with Crippen LogP contribution in [0.5, 0.6) is 5.75 Å². The van der Waals surface area contributed by atoms with Crippen molar-refractivity contribution in [3.63, 3.8) is 0 Å². The highest BCUT2D eigenvalue weighted by Crippen LogP contribution is 2.38. The summed E-state index contributed by atoms with van der Waals surface area (Å²) in [6.07, 6.45) is -4.75. The SMILES string of the molecule is CC(C)(C)[Si](C)(C)OCc1cc(Nc2ccccc2)ccc1OC(F)(F)F. The lowest BCUT2D eigenvalue weighted by molar-refractivity contribution is -0.275. The Balaban J connectivity index is 2.28. The van der Waals surface area contributed by atoms with Crippen molar-refractivity contribution < 1.29 is 22.3 Å². The molecule has 0 saturated heterocycles. The van der Waals surface area contributed by atoms with Gasteiger partial charge in [-0.1, -0.05) is 39.0 Å². The van der Waals surface area contributed by atoms with Crippen molar-refractivity contribution in [2.75, 3.05) is 5.32 Å². The highest BCUT2D eigenvalue weighted by atomic mass is 28.4. The minimum atomic E-state index is -4.75. The standard InChI is InChI=1S/C20H26F3NO2Si/c1-19(2,3)27(4,5)25-14-15-13-17(24-16-9-7-6-8-10-16)11-12-18(15)26-20(21,22)23/h6-13,24H,14H2,1-5H3. The number of nitrogens with one attached hydrogen (secondary N) is 1. The van der Waals surface area contributed by atoms with Crippen molar-refractivity contribution in [2.24, 2.45) is 0 Å². The van der Waals surface area contributed by atoms with Crippen molar-refractivity contribution in [1.82, 2.24) is 0 Å². The molecule has 0 spiro atoms. The predicted octanol–water partition coefficient (Wildman–Crippen LogP) is 6.85. The van der Waals surface area contributed by atoms with E-state index < -0.39 is 14.7 Å². The molecule has 0 aliphatic heterocycles. The van der Waals surface area contributed by atoms with E-state index in [1.165, 1.54) is 6.07 Å². The van der Waals surface area contributed by atoms with Gasteiger partial charge in [0.1, 0.15) is 5.75 Å². The summed E-state index contributed by atoms with van der Waals surface area (Å²) in [5, 5.41) is 3.14. The van der Waals surface area contributed by atoms with Crippen LogP contribution in [0.4, 0.5) is 24.5 Å². The molecule has 0 radical (unpaired) electrons. The molecule has 148 valence electrons. The van der Waals surface area contributed by atoms with E-state index in [1.54, 1.807) is 12.1 Å². The lowest BCUT2D eigenvalue weighted by Gasteiger charge is -2.36. The normalized spacial score (nSPS) is 12.7. The second kappa shape index (κ2) is 7.94. The zero-order valence-corrected chi connectivity index (χ0v) is 17.3. The van der Waals surface area contributed by atoms with Gasteiger partial charge < -0.3 is 14.5 Å². The molecule has 0 unspecified atom stereocenters. The Hall–Kier alpha value is -1.99. The maximum atomic E-state index is 12.8. The van der Waals surface area contributed by atoms with Crippen LogP contribution in [-0.4, -0.2) is 14.7 Å². The third-order valence-electron chi connectivity index (χ3n) is 4.74. The zero-order chi connectivity index (χ0) is 20.3. The van der Waals surface area contributed by atoms with Gasteiger partial charge in [-0.15, -0.1) is 13.2 Å². The molecule has 2 rings (SSSR count). The first-order chi connectivity index (χ1) is 12.4.